The predicted molar refractivity (Wildman–Crippen MR) is 102 cm³/mol. The second kappa shape index (κ2) is 10.1. The number of guanidine groups is 1. The lowest BCUT2D eigenvalue weighted by molar-refractivity contribution is 0.0926. The van der Waals surface area contributed by atoms with Crippen LogP contribution in [0.15, 0.2) is 46.0 Å². The molecule has 2 rings (SSSR count). The lowest BCUT2D eigenvalue weighted by Gasteiger charge is -2.13. The van der Waals surface area contributed by atoms with Crippen LogP contribution in [0.2, 0.25) is 0 Å². The van der Waals surface area contributed by atoms with E-state index in [1.165, 1.54) is 11.8 Å². The zero-order valence-corrected chi connectivity index (χ0v) is 15.5. The molecule has 0 aliphatic rings. The van der Waals surface area contributed by atoms with Crippen molar-refractivity contribution in [3.63, 3.8) is 0 Å². The van der Waals surface area contributed by atoms with Crippen molar-refractivity contribution in [3.05, 3.63) is 53.5 Å². The highest BCUT2D eigenvalue weighted by Crippen LogP contribution is 2.18. The van der Waals surface area contributed by atoms with Crippen LogP contribution in [0.1, 0.15) is 21.7 Å². The van der Waals surface area contributed by atoms with E-state index in [-0.39, 0.29) is 5.91 Å². The number of hydrogen-bond donors (Lipinski definition) is 3. The van der Waals surface area contributed by atoms with Crippen molar-refractivity contribution in [2.24, 2.45) is 4.99 Å². The first-order chi connectivity index (χ1) is 12.6. The second-order valence-corrected chi connectivity index (χ2v) is 5.71. The maximum absolute atomic E-state index is 11.7. The number of amides is 1. The van der Waals surface area contributed by atoms with Gasteiger partial charge < -0.3 is 25.1 Å². The van der Waals surface area contributed by atoms with Crippen LogP contribution in [-0.2, 0) is 6.42 Å². The van der Waals surface area contributed by atoms with Crippen LogP contribution in [0.5, 0.6) is 5.75 Å². The molecule has 1 heterocycles. The molecule has 26 heavy (non-hydrogen) atoms. The summed E-state index contributed by atoms with van der Waals surface area (Å²) in [5.74, 6) is 1.67. The van der Waals surface area contributed by atoms with Gasteiger partial charge in [-0.3, -0.25) is 9.79 Å². The van der Waals surface area contributed by atoms with Gasteiger partial charge in [0.1, 0.15) is 5.75 Å². The molecule has 3 N–H and O–H groups in total. The zero-order valence-electron chi connectivity index (χ0n) is 15.5. The quantitative estimate of drug-likeness (QED) is 0.380. The van der Waals surface area contributed by atoms with Crippen molar-refractivity contribution in [1.82, 2.24) is 16.0 Å². The van der Waals surface area contributed by atoms with Crippen molar-refractivity contribution in [1.29, 1.82) is 0 Å². The van der Waals surface area contributed by atoms with Gasteiger partial charge in [0.05, 0.1) is 13.4 Å². The van der Waals surface area contributed by atoms with E-state index in [1.54, 1.807) is 26.3 Å². The molecule has 0 saturated carbocycles. The van der Waals surface area contributed by atoms with Crippen LogP contribution < -0.4 is 20.7 Å². The SMILES string of the molecule is CN=C(NCCNC(=O)c1ccco1)NCCc1ccc(C)c(OC)c1. The maximum Gasteiger partial charge on any atom is 0.287 e. The minimum absolute atomic E-state index is 0.229. The Hall–Kier alpha value is -2.96. The summed E-state index contributed by atoms with van der Waals surface area (Å²) in [5, 5.41) is 9.18. The molecule has 0 bridgehead atoms. The van der Waals surface area contributed by atoms with Gasteiger partial charge in [0.2, 0.25) is 0 Å². The highest BCUT2D eigenvalue weighted by atomic mass is 16.5. The Labute approximate surface area is 153 Å². The van der Waals surface area contributed by atoms with Gasteiger partial charge in [-0.1, -0.05) is 12.1 Å². The average Bonchev–Trinajstić information content (AvgIpc) is 3.19. The molecule has 0 spiro atoms. The normalized spacial score (nSPS) is 11.1. The van der Waals surface area contributed by atoms with Crippen LogP contribution in [0.4, 0.5) is 0 Å². The van der Waals surface area contributed by atoms with E-state index in [2.05, 4.69) is 39.1 Å². The van der Waals surface area contributed by atoms with Gasteiger partial charge in [0.15, 0.2) is 11.7 Å². The van der Waals surface area contributed by atoms with Crippen LogP contribution >= 0.6 is 0 Å². The van der Waals surface area contributed by atoms with E-state index in [0.717, 1.165) is 24.3 Å². The molecule has 0 aliphatic carbocycles. The molecule has 140 valence electrons. The van der Waals surface area contributed by atoms with E-state index < -0.39 is 0 Å². The maximum atomic E-state index is 11.7. The van der Waals surface area contributed by atoms with Gasteiger partial charge in [-0.15, -0.1) is 0 Å². The third kappa shape index (κ3) is 5.84. The highest BCUT2D eigenvalue weighted by molar-refractivity contribution is 5.91. The molecule has 1 aromatic carbocycles. The summed E-state index contributed by atoms with van der Waals surface area (Å²) in [6.07, 6.45) is 2.33. The third-order valence-corrected chi connectivity index (χ3v) is 3.85. The molecule has 2 aromatic rings. The zero-order chi connectivity index (χ0) is 18.8. The molecule has 7 nitrogen and oxygen atoms in total. The Balaban J connectivity index is 1.67. The number of nitrogens with zero attached hydrogens (tertiary/aromatic N) is 1. The summed E-state index contributed by atoms with van der Waals surface area (Å²) in [5.41, 5.74) is 2.32. The Bertz CT molecular complexity index is 726. The van der Waals surface area contributed by atoms with Crippen molar-refractivity contribution in [3.8, 4) is 5.75 Å². The van der Waals surface area contributed by atoms with Gasteiger partial charge >= 0.3 is 0 Å². The molecule has 7 heteroatoms. The number of ether oxygens (including phenoxy) is 1. The first-order valence-corrected chi connectivity index (χ1v) is 8.53. The first-order valence-electron chi connectivity index (χ1n) is 8.53. The van der Waals surface area contributed by atoms with Crippen LogP contribution in [0, 0.1) is 6.92 Å². The summed E-state index contributed by atoms with van der Waals surface area (Å²) in [4.78, 5) is 15.9. The number of methoxy groups -OCH3 is 1. The second-order valence-electron chi connectivity index (χ2n) is 5.71. The van der Waals surface area contributed by atoms with E-state index in [0.29, 0.717) is 24.8 Å². The fourth-order valence-corrected chi connectivity index (χ4v) is 2.42. The molecule has 0 aliphatic heterocycles. The third-order valence-electron chi connectivity index (χ3n) is 3.85. The van der Waals surface area contributed by atoms with E-state index in [9.17, 15) is 4.79 Å². The summed E-state index contributed by atoms with van der Waals surface area (Å²) >= 11 is 0. The molecular weight excluding hydrogens is 332 g/mol. The topological polar surface area (TPSA) is 87.9 Å². The van der Waals surface area contributed by atoms with Crippen LogP contribution in [-0.4, -0.2) is 45.7 Å². The number of furan rings is 1. The van der Waals surface area contributed by atoms with Gasteiger partial charge in [0.25, 0.3) is 5.91 Å². The van der Waals surface area contributed by atoms with Crippen LogP contribution in [0.25, 0.3) is 0 Å². The molecule has 1 aromatic heterocycles. The smallest absolute Gasteiger partial charge is 0.287 e. The number of benzene rings is 1. The minimum Gasteiger partial charge on any atom is -0.496 e. The molecule has 0 unspecified atom stereocenters. The molecular formula is C19H26N4O3. The van der Waals surface area contributed by atoms with E-state index in [4.69, 9.17) is 9.15 Å². The molecule has 0 saturated heterocycles. The van der Waals surface area contributed by atoms with Crippen molar-refractivity contribution in [2.45, 2.75) is 13.3 Å². The van der Waals surface area contributed by atoms with Crippen molar-refractivity contribution < 1.29 is 13.9 Å². The Kier molecular flexibility index (Phi) is 7.54. The minimum atomic E-state index is -0.229. The standard InChI is InChI=1S/C19H26N4O3/c1-14-6-7-15(13-17(14)25-3)8-9-22-19(20-2)23-11-10-21-18(24)16-5-4-12-26-16/h4-7,12-13H,8-11H2,1-3H3,(H,21,24)(H2,20,22,23). The number of nitrogens with one attached hydrogen (secondary N) is 3. The first kappa shape index (κ1) is 19.4. The molecule has 1 amide bonds. The summed E-state index contributed by atoms with van der Waals surface area (Å²) in [6.45, 7) is 3.79. The Morgan fingerprint density at radius 1 is 1.15 bits per heavy atom. The average molecular weight is 358 g/mol. The highest BCUT2D eigenvalue weighted by Gasteiger charge is 2.07. The number of aliphatic imine (C=N–C) groups is 1. The summed E-state index contributed by atoms with van der Waals surface area (Å²) in [6, 6.07) is 9.52. The van der Waals surface area contributed by atoms with E-state index in [1.807, 2.05) is 6.92 Å². The molecule has 0 atom stereocenters. The number of aryl methyl sites for hydroxylation is 1. The summed E-state index contributed by atoms with van der Waals surface area (Å²) in [7, 11) is 3.40. The van der Waals surface area contributed by atoms with E-state index >= 15 is 0 Å². The van der Waals surface area contributed by atoms with Crippen molar-refractivity contribution in [2.75, 3.05) is 33.8 Å². The van der Waals surface area contributed by atoms with Gasteiger partial charge in [-0.2, -0.15) is 0 Å². The molecule has 0 radical (unpaired) electrons. The fourth-order valence-electron chi connectivity index (χ4n) is 2.42. The number of carbonyl (C=O) groups excluding carboxylic acids is 1. The van der Waals surface area contributed by atoms with Crippen LogP contribution in [0.3, 0.4) is 0 Å². The van der Waals surface area contributed by atoms with Gasteiger partial charge in [-0.05, 0) is 42.7 Å². The lowest BCUT2D eigenvalue weighted by atomic mass is 10.1. The fraction of sp³-hybridized carbons (Fsp3) is 0.368. The number of rotatable bonds is 8. The number of hydrogen-bond acceptors (Lipinski definition) is 4. The van der Waals surface area contributed by atoms with Gasteiger partial charge in [0, 0.05) is 26.7 Å². The van der Waals surface area contributed by atoms with Gasteiger partial charge in [-0.25, -0.2) is 0 Å². The largest absolute Gasteiger partial charge is 0.496 e. The number of carbonyl (C=O) groups is 1. The lowest BCUT2D eigenvalue weighted by Crippen LogP contribution is -2.42. The monoisotopic (exact) mass is 358 g/mol. The van der Waals surface area contributed by atoms with Crippen molar-refractivity contribution >= 4 is 11.9 Å². The predicted octanol–water partition coefficient (Wildman–Crippen LogP) is 1.73. The summed E-state index contributed by atoms with van der Waals surface area (Å²) < 4.78 is 10.4. The Morgan fingerprint density at radius 2 is 1.92 bits per heavy atom. The molecule has 0 fully saturated rings. The Morgan fingerprint density at radius 3 is 2.62 bits per heavy atom.